The highest BCUT2D eigenvalue weighted by Crippen LogP contribution is 2.12. The molecule has 0 aliphatic rings. The van der Waals surface area contributed by atoms with Gasteiger partial charge in [0.15, 0.2) is 0 Å². The lowest BCUT2D eigenvalue weighted by Crippen LogP contribution is -2.25. The minimum Gasteiger partial charge on any atom is -0.438 e. The van der Waals surface area contributed by atoms with E-state index in [1.165, 1.54) is 0 Å². The van der Waals surface area contributed by atoms with Crippen molar-refractivity contribution in [2.45, 2.75) is 6.92 Å². The summed E-state index contributed by atoms with van der Waals surface area (Å²) in [5.74, 6) is -0.488. The molecule has 0 saturated carbocycles. The SMILES string of the molecule is C/C(=N\NC(=O)c1cc2ccccc2oc1=N)c1ccncc1. The van der Waals surface area contributed by atoms with Gasteiger partial charge in [0.2, 0.25) is 5.55 Å². The smallest absolute Gasteiger partial charge is 0.276 e. The quantitative estimate of drug-likeness (QED) is 0.575. The van der Waals surface area contributed by atoms with Gasteiger partial charge in [0.05, 0.1) is 5.71 Å². The molecule has 3 aromatic rings. The van der Waals surface area contributed by atoms with Crippen LogP contribution in [0.4, 0.5) is 0 Å². The molecule has 3 rings (SSSR count). The Morgan fingerprint density at radius 3 is 2.74 bits per heavy atom. The standard InChI is InChI=1S/C17H14N4O2/c1-11(12-6-8-19-9-7-12)20-21-17(22)14-10-13-4-2-3-5-15(13)23-16(14)18/h2-10,18H,1H3,(H,21,22)/b18-16?,20-11+. The van der Waals surface area contributed by atoms with Gasteiger partial charge in [-0.3, -0.25) is 15.2 Å². The van der Waals surface area contributed by atoms with Gasteiger partial charge in [0.1, 0.15) is 11.1 Å². The molecular weight excluding hydrogens is 292 g/mol. The number of pyridine rings is 1. The number of nitrogens with zero attached hydrogens (tertiary/aromatic N) is 2. The summed E-state index contributed by atoms with van der Waals surface area (Å²) in [5, 5.41) is 12.7. The van der Waals surface area contributed by atoms with Crippen molar-refractivity contribution in [1.29, 1.82) is 5.41 Å². The maximum Gasteiger partial charge on any atom is 0.276 e. The number of carbonyl (C=O) groups excluding carboxylic acids is 1. The van der Waals surface area contributed by atoms with E-state index in [2.05, 4.69) is 15.5 Å². The van der Waals surface area contributed by atoms with Gasteiger partial charge in [-0.15, -0.1) is 0 Å². The number of carbonyl (C=O) groups is 1. The fourth-order valence-corrected chi connectivity index (χ4v) is 2.10. The zero-order valence-electron chi connectivity index (χ0n) is 12.4. The Morgan fingerprint density at radius 2 is 1.96 bits per heavy atom. The molecule has 2 aromatic heterocycles. The molecule has 0 aliphatic carbocycles. The molecular formula is C17H14N4O2. The average molecular weight is 306 g/mol. The predicted molar refractivity (Wildman–Crippen MR) is 86.0 cm³/mol. The first-order valence-electron chi connectivity index (χ1n) is 6.97. The maximum atomic E-state index is 12.2. The first-order chi connectivity index (χ1) is 11.1. The van der Waals surface area contributed by atoms with E-state index in [9.17, 15) is 4.79 Å². The van der Waals surface area contributed by atoms with E-state index in [0.29, 0.717) is 11.3 Å². The van der Waals surface area contributed by atoms with Gasteiger partial charge in [-0.2, -0.15) is 5.10 Å². The van der Waals surface area contributed by atoms with Crippen LogP contribution >= 0.6 is 0 Å². The molecule has 0 fully saturated rings. The molecule has 1 amide bonds. The number of aromatic nitrogens is 1. The number of hydrazone groups is 1. The summed E-state index contributed by atoms with van der Waals surface area (Å²) in [4.78, 5) is 16.2. The number of fused-ring (bicyclic) bond motifs is 1. The van der Waals surface area contributed by atoms with Crippen molar-refractivity contribution >= 4 is 22.6 Å². The highest BCUT2D eigenvalue weighted by atomic mass is 16.3. The lowest BCUT2D eigenvalue weighted by Gasteiger charge is -2.04. The Hall–Kier alpha value is -3.28. The van der Waals surface area contributed by atoms with E-state index in [1.807, 2.05) is 18.2 Å². The van der Waals surface area contributed by atoms with Crippen LogP contribution in [0.5, 0.6) is 0 Å². The molecule has 0 bridgehead atoms. The van der Waals surface area contributed by atoms with Crippen LogP contribution in [0.25, 0.3) is 11.0 Å². The first-order valence-corrected chi connectivity index (χ1v) is 6.97. The largest absolute Gasteiger partial charge is 0.438 e. The fourth-order valence-electron chi connectivity index (χ4n) is 2.10. The molecule has 0 unspecified atom stereocenters. The first kappa shape index (κ1) is 14.6. The van der Waals surface area contributed by atoms with Gasteiger partial charge < -0.3 is 4.42 Å². The summed E-state index contributed by atoms with van der Waals surface area (Å²) in [6, 6.07) is 12.4. The van der Waals surface area contributed by atoms with E-state index < -0.39 is 5.91 Å². The van der Waals surface area contributed by atoms with Crippen molar-refractivity contribution in [1.82, 2.24) is 10.4 Å². The second kappa shape index (κ2) is 6.23. The normalized spacial score (nSPS) is 11.4. The van der Waals surface area contributed by atoms with Gasteiger partial charge in [-0.05, 0) is 31.2 Å². The van der Waals surface area contributed by atoms with Crippen LogP contribution in [-0.2, 0) is 0 Å². The van der Waals surface area contributed by atoms with Crippen LogP contribution in [0, 0.1) is 5.41 Å². The van der Waals surface area contributed by atoms with Gasteiger partial charge in [-0.25, -0.2) is 5.43 Å². The van der Waals surface area contributed by atoms with Crippen molar-refractivity contribution in [2.75, 3.05) is 0 Å². The molecule has 2 N–H and O–H groups in total. The Kier molecular flexibility index (Phi) is 3.97. The van der Waals surface area contributed by atoms with Crippen molar-refractivity contribution in [3.05, 3.63) is 71.5 Å². The Balaban J connectivity index is 1.86. The highest BCUT2D eigenvalue weighted by Gasteiger charge is 2.11. The van der Waals surface area contributed by atoms with Crippen molar-refractivity contribution < 1.29 is 9.21 Å². The number of nitrogens with one attached hydrogen (secondary N) is 2. The number of hydrogen-bond donors (Lipinski definition) is 2. The number of amides is 1. The Bertz CT molecular complexity index is 945. The third-order valence-corrected chi connectivity index (χ3v) is 3.34. The van der Waals surface area contributed by atoms with Crippen LogP contribution in [0.2, 0.25) is 0 Å². The molecule has 2 heterocycles. The van der Waals surface area contributed by atoms with E-state index in [1.54, 1.807) is 43.6 Å². The molecule has 6 heteroatoms. The van der Waals surface area contributed by atoms with E-state index in [0.717, 1.165) is 10.9 Å². The molecule has 0 aliphatic heterocycles. The molecule has 1 aromatic carbocycles. The number of para-hydroxylation sites is 1. The number of rotatable bonds is 3. The summed E-state index contributed by atoms with van der Waals surface area (Å²) in [6.07, 6.45) is 3.31. The molecule has 23 heavy (non-hydrogen) atoms. The lowest BCUT2D eigenvalue weighted by molar-refractivity contribution is 0.0950. The second-order valence-corrected chi connectivity index (χ2v) is 4.90. The highest BCUT2D eigenvalue weighted by molar-refractivity contribution is 6.01. The summed E-state index contributed by atoms with van der Waals surface area (Å²) in [7, 11) is 0. The lowest BCUT2D eigenvalue weighted by atomic mass is 10.2. The van der Waals surface area contributed by atoms with Crippen molar-refractivity contribution in [3.8, 4) is 0 Å². The van der Waals surface area contributed by atoms with E-state index in [-0.39, 0.29) is 11.1 Å². The summed E-state index contributed by atoms with van der Waals surface area (Å²) in [6.45, 7) is 1.78. The molecule has 0 saturated heterocycles. The molecule has 114 valence electrons. The Morgan fingerprint density at radius 1 is 1.22 bits per heavy atom. The monoisotopic (exact) mass is 306 g/mol. The van der Waals surface area contributed by atoms with Gasteiger partial charge in [0, 0.05) is 23.3 Å². The zero-order valence-corrected chi connectivity index (χ0v) is 12.4. The predicted octanol–water partition coefficient (Wildman–Crippen LogP) is 2.46. The molecule has 0 atom stereocenters. The van der Waals surface area contributed by atoms with Gasteiger partial charge in [0.25, 0.3) is 5.91 Å². The van der Waals surface area contributed by atoms with Gasteiger partial charge >= 0.3 is 0 Å². The minimum absolute atomic E-state index is 0.134. The van der Waals surface area contributed by atoms with E-state index >= 15 is 0 Å². The summed E-state index contributed by atoms with van der Waals surface area (Å²) >= 11 is 0. The van der Waals surface area contributed by atoms with Crippen LogP contribution in [-0.4, -0.2) is 16.6 Å². The van der Waals surface area contributed by atoms with Crippen LogP contribution in [0.3, 0.4) is 0 Å². The van der Waals surface area contributed by atoms with Crippen molar-refractivity contribution in [2.24, 2.45) is 5.10 Å². The van der Waals surface area contributed by atoms with Crippen molar-refractivity contribution in [3.63, 3.8) is 0 Å². The van der Waals surface area contributed by atoms with Crippen LogP contribution < -0.4 is 11.0 Å². The van der Waals surface area contributed by atoms with Gasteiger partial charge in [-0.1, -0.05) is 18.2 Å². The Labute approximate surface area is 132 Å². The van der Waals surface area contributed by atoms with Crippen LogP contribution in [0.15, 0.2) is 64.4 Å². The molecule has 0 radical (unpaired) electrons. The zero-order chi connectivity index (χ0) is 16.2. The fraction of sp³-hybridized carbons (Fsp3) is 0.0588. The molecule has 6 nitrogen and oxygen atoms in total. The third-order valence-electron chi connectivity index (χ3n) is 3.34. The summed E-state index contributed by atoms with van der Waals surface area (Å²) < 4.78 is 5.35. The molecule has 0 spiro atoms. The third kappa shape index (κ3) is 3.16. The number of hydrogen-bond acceptors (Lipinski definition) is 5. The second-order valence-electron chi connectivity index (χ2n) is 4.90. The summed E-state index contributed by atoms with van der Waals surface area (Å²) in [5.41, 5.74) is 4.45. The number of benzene rings is 1. The van der Waals surface area contributed by atoms with E-state index in [4.69, 9.17) is 9.83 Å². The minimum atomic E-state index is -0.488. The van der Waals surface area contributed by atoms with Crippen LogP contribution in [0.1, 0.15) is 22.8 Å². The topological polar surface area (TPSA) is 91.3 Å². The maximum absolute atomic E-state index is 12.2. The average Bonchev–Trinajstić information content (AvgIpc) is 2.59.